The molecule has 0 N–H and O–H groups in total. The lowest BCUT2D eigenvalue weighted by Crippen LogP contribution is -2.29. The molecule has 0 saturated heterocycles. The van der Waals surface area contributed by atoms with Crippen LogP contribution in [-0.2, 0) is 16.4 Å². The van der Waals surface area contributed by atoms with Crippen molar-refractivity contribution in [3.05, 3.63) is 84.4 Å². The Bertz CT molecular complexity index is 495. The van der Waals surface area contributed by atoms with Crippen LogP contribution in [-0.4, -0.2) is 10.5 Å². The van der Waals surface area contributed by atoms with Crippen molar-refractivity contribution in [2.45, 2.75) is 12.0 Å². The Hall–Kier alpha value is -1.64. The van der Waals surface area contributed by atoms with Gasteiger partial charge in [-0.25, -0.2) is 0 Å². The Morgan fingerprint density at radius 3 is 2.06 bits per heavy atom. The molecule has 0 aliphatic heterocycles. The van der Waals surface area contributed by atoms with Crippen molar-refractivity contribution < 1.29 is 4.43 Å². The number of hydrogen-bond donors (Lipinski definition) is 0. The summed E-state index contributed by atoms with van der Waals surface area (Å²) in [5.41, 5.74) is 2.03. The van der Waals surface area contributed by atoms with Crippen molar-refractivity contribution in [1.29, 1.82) is 0 Å². The molecule has 0 saturated carbocycles. The van der Waals surface area contributed by atoms with E-state index in [0.717, 1.165) is 6.42 Å². The van der Waals surface area contributed by atoms with E-state index < -0.39 is 5.60 Å². The summed E-state index contributed by atoms with van der Waals surface area (Å²) in [5, 5.41) is 0. The van der Waals surface area contributed by atoms with Gasteiger partial charge in [0, 0.05) is 6.42 Å². The molecule has 2 rings (SSSR count). The zero-order chi connectivity index (χ0) is 12.8. The molecule has 0 bridgehead atoms. The summed E-state index contributed by atoms with van der Waals surface area (Å²) in [6, 6.07) is 20.7. The van der Waals surface area contributed by atoms with E-state index >= 15 is 0 Å². The van der Waals surface area contributed by atoms with Crippen LogP contribution in [0.4, 0.5) is 0 Å². The predicted molar refractivity (Wildman–Crippen MR) is 79.5 cm³/mol. The number of hydrogen-bond acceptors (Lipinski definition) is 1. The highest BCUT2D eigenvalue weighted by molar-refractivity contribution is 5.98. The Kier molecular flexibility index (Phi) is 4.13. The molecule has 0 radical (unpaired) electrons. The van der Waals surface area contributed by atoms with Crippen LogP contribution in [0.3, 0.4) is 0 Å². The van der Waals surface area contributed by atoms with Crippen LogP contribution in [0.25, 0.3) is 0 Å². The smallest absolute Gasteiger partial charge is 0.147 e. The Labute approximate surface area is 112 Å². The first-order valence-electron chi connectivity index (χ1n) is 6.09. The third-order valence-electron chi connectivity index (χ3n) is 3.27. The van der Waals surface area contributed by atoms with Crippen molar-refractivity contribution in [2.75, 3.05) is 0 Å². The lowest BCUT2D eigenvalue weighted by Gasteiger charge is -2.30. The van der Waals surface area contributed by atoms with Gasteiger partial charge in [-0.15, -0.1) is 0 Å². The predicted octanol–water partition coefficient (Wildman–Crippen LogP) is 2.61. The van der Waals surface area contributed by atoms with Crippen LogP contribution >= 0.6 is 0 Å². The normalized spacial score (nSPS) is 14.0. The molecule has 2 aromatic rings. The van der Waals surface area contributed by atoms with Gasteiger partial charge in [-0.3, -0.25) is 0 Å². The number of rotatable bonds is 5. The molecule has 0 aliphatic carbocycles. The molecule has 2 heteroatoms. The van der Waals surface area contributed by atoms with Crippen LogP contribution in [0.2, 0.25) is 0 Å². The zero-order valence-electron chi connectivity index (χ0n) is 10.7. The maximum Gasteiger partial charge on any atom is 0.147 e. The van der Waals surface area contributed by atoms with Crippen LogP contribution in [0.5, 0.6) is 0 Å². The molecule has 92 valence electrons. The molecular weight excluding hydrogens is 236 g/mol. The summed E-state index contributed by atoms with van der Waals surface area (Å²) in [7, 11) is 0.680. The van der Waals surface area contributed by atoms with E-state index in [2.05, 4.69) is 43.0 Å². The molecule has 0 spiro atoms. The van der Waals surface area contributed by atoms with Gasteiger partial charge < -0.3 is 4.43 Å². The first-order valence-corrected chi connectivity index (χ1v) is 6.90. The maximum atomic E-state index is 5.90. The quantitative estimate of drug-likeness (QED) is 0.589. The Morgan fingerprint density at radius 2 is 1.56 bits per heavy atom. The molecule has 0 aliphatic rings. The highest BCUT2D eigenvalue weighted by Crippen LogP contribution is 2.30. The van der Waals surface area contributed by atoms with Crippen molar-refractivity contribution in [2.24, 2.45) is 0 Å². The molecule has 1 nitrogen and oxygen atoms in total. The fraction of sp³-hybridized carbons (Fsp3) is 0.125. The fourth-order valence-electron chi connectivity index (χ4n) is 2.18. The molecule has 0 amide bonds. The van der Waals surface area contributed by atoms with Crippen molar-refractivity contribution in [1.82, 2.24) is 0 Å². The summed E-state index contributed by atoms with van der Waals surface area (Å²) in [6.07, 6.45) is 2.74. The van der Waals surface area contributed by atoms with Gasteiger partial charge in [-0.2, -0.15) is 0 Å². The summed E-state index contributed by atoms with van der Waals surface area (Å²) >= 11 is 0. The van der Waals surface area contributed by atoms with Gasteiger partial charge in [0.2, 0.25) is 0 Å². The first kappa shape index (κ1) is 12.8. The van der Waals surface area contributed by atoms with Gasteiger partial charge in [0.05, 0.1) is 0 Å². The molecule has 18 heavy (non-hydrogen) atoms. The van der Waals surface area contributed by atoms with E-state index in [1.54, 1.807) is 0 Å². The van der Waals surface area contributed by atoms with Crippen molar-refractivity contribution in [3.63, 3.8) is 0 Å². The minimum Gasteiger partial charge on any atom is -0.415 e. The van der Waals surface area contributed by atoms with Gasteiger partial charge in [-0.05, 0) is 11.1 Å². The number of benzene rings is 2. The topological polar surface area (TPSA) is 9.23 Å². The third kappa shape index (κ3) is 2.60. The van der Waals surface area contributed by atoms with E-state index in [-0.39, 0.29) is 0 Å². The van der Waals surface area contributed by atoms with Gasteiger partial charge in [0.1, 0.15) is 16.1 Å². The average Bonchev–Trinajstić information content (AvgIpc) is 2.47. The summed E-state index contributed by atoms with van der Waals surface area (Å²) in [4.78, 5) is 0. The molecule has 0 fully saturated rings. The second-order valence-electron chi connectivity index (χ2n) is 4.33. The monoisotopic (exact) mass is 254 g/mol. The van der Waals surface area contributed by atoms with E-state index in [0.29, 0.717) is 10.5 Å². The van der Waals surface area contributed by atoms with Gasteiger partial charge in [0.15, 0.2) is 0 Å². The second kappa shape index (κ2) is 5.80. The van der Waals surface area contributed by atoms with Gasteiger partial charge in [0.25, 0.3) is 0 Å². The van der Waals surface area contributed by atoms with E-state index in [1.165, 1.54) is 11.1 Å². The molecule has 1 unspecified atom stereocenters. The third-order valence-corrected chi connectivity index (χ3v) is 3.99. The molecule has 1 atom stereocenters. The van der Waals surface area contributed by atoms with Gasteiger partial charge >= 0.3 is 0 Å². The minimum atomic E-state index is -0.394. The van der Waals surface area contributed by atoms with Crippen molar-refractivity contribution in [3.8, 4) is 0 Å². The first-order chi connectivity index (χ1) is 8.80. The molecule has 0 aromatic heterocycles. The van der Waals surface area contributed by atoms with Gasteiger partial charge in [-0.1, -0.05) is 73.3 Å². The van der Waals surface area contributed by atoms with E-state index in [4.69, 9.17) is 4.43 Å². The standard InChI is InChI=1S/C16H18OSi/c1-2-16(17-18,15-11-7-4-8-12-15)13-14-9-5-3-6-10-14/h2-12H,1,13H2,18H3. The highest BCUT2D eigenvalue weighted by atomic mass is 28.2. The maximum absolute atomic E-state index is 5.90. The zero-order valence-corrected chi connectivity index (χ0v) is 12.7. The lowest BCUT2D eigenvalue weighted by molar-refractivity contribution is 0.135. The van der Waals surface area contributed by atoms with Crippen molar-refractivity contribution >= 4 is 10.5 Å². The van der Waals surface area contributed by atoms with Crippen LogP contribution in [0, 0.1) is 0 Å². The van der Waals surface area contributed by atoms with E-state index in [9.17, 15) is 0 Å². The summed E-state index contributed by atoms with van der Waals surface area (Å²) < 4.78 is 5.90. The van der Waals surface area contributed by atoms with E-state index in [1.807, 2.05) is 30.3 Å². The molecule has 2 aromatic carbocycles. The average molecular weight is 254 g/mol. The lowest BCUT2D eigenvalue weighted by atomic mass is 9.87. The SMILES string of the molecule is C=CC(Cc1ccccc1)(O[SiH3])c1ccccc1. The largest absolute Gasteiger partial charge is 0.415 e. The molecular formula is C16H18OSi. The molecule has 0 heterocycles. The Morgan fingerprint density at radius 1 is 1.00 bits per heavy atom. The summed E-state index contributed by atoms with van der Waals surface area (Å²) in [5.74, 6) is 0. The highest BCUT2D eigenvalue weighted by Gasteiger charge is 2.27. The van der Waals surface area contributed by atoms with Crippen LogP contribution < -0.4 is 0 Å². The minimum absolute atomic E-state index is 0.394. The Balaban J connectivity index is 2.36. The summed E-state index contributed by atoms with van der Waals surface area (Å²) in [6.45, 7) is 3.97. The fourth-order valence-corrected chi connectivity index (χ4v) is 2.73. The van der Waals surface area contributed by atoms with Crippen LogP contribution in [0.1, 0.15) is 11.1 Å². The second-order valence-corrected chi connectivity index (χ2v) is 4.73. The van der Waals surface area contributed by atoms with Crippen LogP contribution in [0.15, 0.2) is 73.3 Å².